The van der Waals surface area contributed by atoms with Gasteiger partial charge in [0.05, 0.1) is 23.7 Å². The van der Waals surface area contributed by atoms with E-state index in [9.17, 15) is 0 Å². The zero-order chi connectivity index (χ0) is 6.97. The largest absolute Gasteiger partial charge is 0.491 e. The Kier molecular flexibility index (Phi) is 1.27. The molecule has 2 rings (SSSR count). The Bertz CT molecular complexity index is 262. The summed E-state index contributed by atoms with van der Waals surface area (Å²) in [6, 6.07) is 1.77. The van der Waals surface area contributed by atoms with E-state index in [0.29, 0.717) is 11.6 Å². The molecule has 0 amide bonds. The number of nitrogens with zero attached hydrogens (tertiary/aromatic N) is 1. The smallest absolute Gasteiger partial charge is 0.142 e. The number of aromatic nitrogens is 1. The quantitative estimate of drug-likeness (QED) is 0.567. The van der Waals surface area contributed by atoms with E-state index in [1.165, 1.54) is 0 Å². The second-order valence-electron chi connectivity index (χ2n) is 2.05. The van der Waals surface area contributed by atoms with Gasteiger partial charge in [-0.1, -0.05) is 11.6 Å². The molecule has 2 heterocycles. The van der Waals surface area contributed by atoms with Crippen LogP contribution in [0, 0.1) is 6.42 Å². The van der Waals surface area contributed by atoms with E-state index in [-0.39, 0.29) is 0 Å². The molecular formula is C7H5ClNO. The molecule has 0 saturated carbocycles. The van der Waals surface area contributed by atoms with Crippen LogP contribution in [0.25, 0.3) is 0 Å². The summed E-state index contributed by atoms with van der Waals surface area (Å²) in [6.45, 7) is 0.614. The summed E-state index contributed by atoms with van der Waals surface area (Å²) in [5.74, 6) is 0.785. The van der Waals surface area contributed by atoms with Crippen LogP contribution in [-0.4, -0.2) is 11.6 Å². The first-order chi connectivity index (χ1) is 4.86. The molecule has 10 heavy (non-hydrogen) atoms. The fourth-order valence-electron chi connectivity index (χ4n) is 0.911. The molecule has 0 aliphatic carbocycles. The summed E-state index contributed by atoms with van der Waals surface area (Å²) in [4.78, 5) is 4.05. The average molecular weight is 155 g/mol. The average Bonchev–Trinajstić information content (AvgIpc) is 2.33. The minimum Gasteiger partial charge on any atom is -0.491 e. The Hall–Kier alpha value is -0.760. The summed E-state index contributed by atoms with van der Waals surface area (Å²) < 4.78 is 5.18. The first kappa shape index (κ1) is 5.98. The van der Waals surface area contributed by atoms with Crippen molar-refractivity contribution < 1.29 is 4.74 Å². The van der Waals surface area contributed by atoms with E-state index in [0.717, 1.165) is 11.4 Å². The maximum Gasteiger partial charge on any atom is 0.142 e. The van der Waals surface area contributed by atoms with E-state index in [1.807, 2.05) is 6.42 Å². The third-order valence-electron chi connectivity index (χ3n) is 1.36. The van der Waals surface area contributed by atoms with E-state index >= 15 is 0 Å². The molecule has 0 aromatic carbocycles. The molecule has 0 saturated heterocycles. The van der Waals surface area contributed by atoms with Crippen LogP contribution in [0.1, 0.15) is 5.69 Å². The zero-order valence-electron chi connectivity index (χ0n) is 5.17. The van der Waals surface area contributed by atoms with Crippen molar-refractivity contribution >= 4 is 11.6 Å². The van der Waals surface area contributed by atoms with Crippen molar-refractivity contribution in [3.8, 4) is 5.75 Å². The number of pyridine rings is 1. The van der Waals surface area contributed by atoms with Crippen LogP contribution >= 0.6 is 11.6 Å². The molecule has 0 bridgehead atoms. The molecule has 1 aromatic heterocycles. The highest BCUT2D eigenvalue weighted by Gasteiger charge is 2.12. The van der Waals surface area contributed by atoms with Crippen molar-refractivity contribution in [2.45, 2.75) is 0 Å². The van der Waals surface area contributed by atoms with Crippen molar-refractivity contribution in [2.75, 3.05) is 6.61 Å². The Labute approximate surface area is 63.8 Å². The Morgan fingerprint density at radius 3 is 3.40 bits per heavy atom. The molecule has 3 heteroatoms. The van der Waals surface area contributed by atoms with Crippen LogP contribution in [0.3, 0.4) is 0 Å². The second-order valence-corrected chi connectivity index (χ2v) is 2.49. The maximum absolute atomic E-state index is 5.67. The van der Waals surface area contributed by atoms with Crippen molar-refractivity contribution in [3.05, 3.63) is 29.4 Å². The maximum atomic E-state index is 5.67. The molecule has 0 spiro atoms. The van der Waals surface area contributed by atoms with Crippen LogP contribution in [0.15, 0.2) is 12.3 Å². The molecule has 1 radical (unpaired) electrons. The van der Waals surface area contributed by atoms with E-state index < -0.39 is 0 Å². The standard InChI is InChI=1S/C7H5ClNO/c8-5-3-7-6(9-4-5)1-2-10-7/h1,3-4H,2H2. The summed E-state index contributed by atoms with van der Waals surface area (Å²) in [5.41, 5.74) is 0.893. The highest BCUT2D eigenvalue weighted by molar-refractivity contribution is 6.30. The van der Waals surface area contributed by atoms with Gasteiger partial charge >= 0.3 is 0 Å². The topological polar surface area (TPSA) is 22.1 Å². The van der Waals surface area contributed by atoms with Gasteiger partial charge in [-0.05, 0) is 0 Å². The molecule has 0 atom stereocenters. The minimum atomic E-state index is 0.614. The lowest BCUT2D eigenvalue weighted by molar-refractivity contribution is 0.377. The predicted octanol–water partition coefficient (Wildman–Crippen LogP) is 1.68. The molecule has 1 aromatic rings. The lowest BCUT2D eigenvalue weighted by Gasteiger charge is -1.95. The molecular weight excluding hydrogens is 150 g/mol. The molecule has 2 nitrogen and oxygen atoms in total. The zero-order valence-corrected chi connectivity index (χ0v) is 5.93. The molecule has 51 valence electrons. The van der Waals surface area contributed by atoms with Gasteiger partial charge in [0.25, 0.3) is 0 Å². The van der Waals surface area contributed by atoms with Gasteiger partial charge in [0.1, 0.15) is 5.75 Å². The van der Waals surface area contributed by atoms with Crippen molar-refractivity contribution in [1.29, 1.82) is 0 Å². The van der Waals surface area contributed by atoms with E-state index in [1.54, 1.807) is 12.3 Å². The van der Waals surface area contributed by atoms with Gasteiger partial charge in [-0.15, -0.1) is 0 Å². The Morgan fingerprint density at radius 1 is 1.60 bits per heavy atom. The number of hydrogen-bond acceptors (Lipinski definition) is 2. The van der Waals surface area contributed by atoms with Gasteiger partial charge in [0, 0.05) is 12.3 Å². The highest BCUT2D eigenvalue weighted by Crippen LogP contribution is 2.26. The van der Waals surface area contributed by atoms with Gasteiger partial charge < -0.3 is 4.74 Å². The Balaban J connectivity index is 2.52. The van der Waals surface area contributed by atoms with Crippen molar-refractivity contribution in [2.24, 2.45) is 0 Å². The van der Waals surface area contributed by atoms with Gasteiger partial charge in [-0.2, -0.15) is 0 Å². The number of fused-ring (bicyclic) bond motifs is 1. The third-order valence-corrected chi connectivity index (χ3v) is 1.57. The lowest BCUT2D eigenvalue weighted by atomic mass is 10.3. The fourth-order valence-corrected chi connectivity index (χ4v) is 1.06. The highest BCUT2D eigenvalue weighted by atomic mass is 35.5. The number of ether oxygens (including phenoxy) is 1. The van der Waals surface area contributed by atoms with Crippen molar-refractivity contribution in [1.82, 2.24) is 4.98 Å². The van der Waals surface area contributed by atoms with Crippen LogP contribution in [-0.2, 0) is 0 Å². The number of halogens is 1. The van der Waals surface area contributed by atoms with Crippen molar-refractivity contribution in [3.63, 3.8) is 0 Å². The van der Waals surface area contributed by atoms with Gasteiger partial charge in [0.15, 0.2) is 0 Å². The normalized spacial score (nSPS) is 14.5. The molecule has 0 fully saturated rings. The summed E-state index contributed by atoms with van der Waals surface area (Å²) in [7, 11) is 0. The molecule has 0 unspecified atom stereocenters. The SMILES string of the molecule is Clc1cnc2c(c1)OC[CH]2. The monoisotopic (exact) mass is 154 g/mol. The van der Waals surface area contributed by atoms with Crippen LogP contribution in [0.4, 0.5) is 0 Å². The summed E-state index contributed by atoms with van der Waals surface area (Å²) in [6.07, 6.45) is 3.54. The van der Waals surface area contributed by atoms with E-state index in [2.05, 4.69) is 4.98 Å². The number of rotatable bonds is 0. The first-order valence-corrected chi connectivity index (χ1v) is 3.35. The second kappa shape index (κ2) is 2.13. The minimum absolute atomic E-state index is 0.614. The van der Waals surface area contributed by atoms with Gasteiger partial charge in [-0.25, -0.2) is 0 Å². The van der Waals surface area contributed by atoms with E-state index in [4.69, 9.17) is 16.3 Å². The van der Waals surface area contributed by atoms with Crippen LogP contribution < -0.4 is 4.74 Å². The van der Waals surface area contributed by atoms with Gasteiger partial charge in [0.2, 0.25) is 0 Å². The molecule has 0 N–H and O–H groups in total. The third kappa shape index (κ3) is 0.847. The lowest BCUT2D eigenvalue weighted by Crippen LogP contribution is -1.84. The van der Waals surface area contributed by atoms with Gasteiger partial charge in [-0.3, -0.25) is 4.98 Å². The Morgan fingerprint density at radius 2 is 2.50 bits per heavy atom. The summed E-state index contributed by atoms with van der Waals surface area (Å²) >= 11 is 5.67. The summed E-state index contributed by atoms with van der Waals surface area (Å²) in [5, 5.41) is 0.619. The number of hydrogen-bond donors (Lipinski definition) is 0. The first-order valence-electron chi connectivity index (χ1n) is 2.98. The molecule has 1 aliphatic heterocycles. The van der Waals surface area contributed by atoms with Crippen LogP contribution in [0.5, 0.6) is 5.75 Å². The fraction of sp³-hybridized carbons (Fsp3) is 0.143. The molecule has 1 aliphatic rings. The predicted molar refractivity (Wildman–Crippen MR) is 38.1 cm³/mol. The van der Waals surface area contributed by atoms with Crippen LogP contribution in [0.2, 0.25) is 5.02 Å².